The van der Waals surface area contributed by atoms with Crippen LogP contribution in [0.3, 0.4) is 0 Å². The highest BCUT2D eigenvalue weighted by Crippen LogP contribution is 2.14. The minimum Gasteiger partial charge on any atom is -0.355 e. The first-order valence-electron chi connectivity index (χ1n) is 8.85. The smallest absolute Gasteiger partial charge is 0.251 e. The van der Waals surface area contributed by atoms with E-state index in [0.29, 0.717) is 17.1 Å². The molecule has 3 aromatic rings. The standard InChI is InChI=1S/C22H22ClN3O/c1-26(16-18-5-3-2-4-6-18)21-15-19(12-14-24-21)22(27)25-13-11-17-7-9-20(23)10-8-17/h2-10,12,14-15H,11,13,16H2,1H3,(H,25,27). The highest BCUT2D eigenvalue weighted by atomic mass is 35.5. The van der Waals surface area contributed by atoms with Crippen molar-refractivity contribution < 1.29 is 4.79 Å². The SMILES string of the molecule is CN(Cc1ccccc1)c1cc(C(=O)NCCc2ccc(Cl)cc2)ccn1. The fourth-order valence-corrected chi connectivity index (χ4v) is 2.91. The normalized spacial score (nSPS) is 10.4. The van der Waals surface area contributed by atoms with Crippen LogP contribution in [0.25, 0.3) is 0 Å². The van der Waals surface area contributed by atoms with E-state index < -0.39 is 0 Å². The third-order valence-corrected chi connectivity index (χ3v) is 4.53. The number of benzene rings is 2. The minimum absolute atomic E-state index is 0.0966. The van der Waals surface area contributed by atoms with Crippen molar-refractivity contribution in [2.24, 2.45) is 0 Å². The van der Waals surface area contributed by atoms with Crippen molar-refractivity contribution in [3.05, 3.63) is 94.6 Å². The lowest BCUT2D eigenvalue weighted by Crippen LogP contribution is -2.26. The van der Waals surface area contributed by atoms with E-state index in [1.54, 1.807) is 12.3 Å². The molecule has 0 saturated heterocycles. The summed E-state index contributed by atoms with van der Waals surface area (Å²) < 4.78 is 0. The Balaban J connectivity index is 1.57. The predicted octanol–water partition coefficient (Wildman–Crippen LogP) is 4.34. The van der Waals surface area contributed by atoms with E-state index >= 15 is 0 Å². The van der Waals surface area contributed by atoms with Gasteiger partial charge < -0.3 is 10.2 Å². The van der Waals surface area contributed by atoms with E-state index in [2.05, 4.69) is 22.4 Å². The molecule has 4 nitrogen and oxygen atoms in total. The Kier molecular flexibility index (Phi) is 6.44. The summed E-state index contributed by atoms with van der Waals surface area (Å²) >= 11 is 5.89. The number of nitrogens with one attached hydrogen (secondary N) is 1. The highest BCUT2D eigenvalue weighted by molar-refractivity contribution is 6.30. The summed E-state index contributed by atoms with van der Waals surface area (Å²) in [6.07, 6.45) is 2.43. The zero-order valence-corrected chi connectivity index (χ0v) is 16.0. The van der Waals surface area contributed by atoms with Gasteiger partial charge in [-0.05, 0) is 41.8 Å². The second-order valence-corrected chi connectivity index (χ2v) is 6.81. The van der Waals surface area contributed by atoms with Crippen molar-refractivity contribution in [1.82, 2.24) is 10.3 Å². The Morgan fingerprint density at radius 1 is 1.04 bits per heavy atom. The molecule has 0 aliphatic rings. The molecule has 1 amide bonds. The van der Waals surface area contributed by atoms with Gasteiger partial charge in [0.15, 0.2) is 0 Å². The van der Waals surface area contributed by atoms with Gasteiger partial charge >= 0.3 is 0 Å². The van der Waals surface area contributed by atoms with Gasteiger partial charge in [-0.1, -0.05) is 54.1 Å². The summed E-state index contributed by atoms with van der Waals surface area (Å²) in [6.45, 7) is 1.30. The molecule has 1 N–H and O–H groups in total. The van der Waals surface area contributed by atoms with Crippen LogP contribution in [0.4, 0.5) is 5.82 Å². The van der Waals surface area contributed by atoms with Crippen LogP contribution >= 0.6 is 11.6 Å². The van der Waals surface area contributed by atoms with Gasteiger partial charge in [0.2, 0.25) is 0 Å². The van der Waals surface area contributed by atoms with Crippen LogP contribution in [0.2, 0.25) is 5.02 Å². The molecule has 3 rings (SSSR count). The zero-order valence-electron chi connectivity index (χ0n) is 15.2. The first-order valence-corrected chi connectivity index (χ1v) is 9.23. The van der Waals surface area contributed by atoms with Crippen molar-refractivity contribution in [2.45, 2.75) is 13.0 Å². The number of pyridine rings is 1. The molecule has 2 aromatic carbocycles. The van der Waals surface area contributed by atoms with Crippen LogP contribution in [0.5, 0.6) is 0 Å². The predicted molar refractivity (Wildman–Crippen MR) is 110 cm³/mol. The second kappa shape index (κ2) is 9.19. The zero-order chi connectivity index (χ0) is 19.1. The average molecular weight is 380 g/mol. The van der Waals surface area contributed by atoms with E-state index in [1.807, 2.05) is 60.5 Å². The van der Waals surface area contributed by atoms with Crippen LogP contribution in [0.1, 0.15) is 21.5 Å². The average Bonchev–Trinajstić information content (AvgIpc) is 2.70. The molecule has 0 atom stereocenters. The monoisotopic (exact) mass is 379 g/mol. The van der Waals surface area contributed by atoms with Crippen molar-refractivity contribution in [2.75, 3.05) is 18.5 Å². The molecular weight excluding hydrogens is 358 g/mol. The number of anilines is 1. The summed E-state index contributed by atoms with van der Waals surface area (Å²) in [4.78, 5) is 18.9. The molecule has 0 spiro atoms. The van der Waals surface area contributed by atoms with Gasteiger partial charge in [-0.2, -0.15) is 0 Å². The van der Waals surface area contributed by atoms with E-state index in [0.717, 1.165) is 24.3 Å². The number of aromatic nitrogens is 1. The van der Waals surface area contributed by atoms with Crippen molar-refractivity contribution >= 4 is 23.3 Å². The van der Waals surface area contributed by atoms with Gasteiger partial charge in [0.1, 0.15) is 5.82 Å². The summed E-state index contributed by atoms with van der Waals surface area (Å²) in [6, 6.07) is 21.4. The maximum atomic E-state index is 12.4. The van der Waals surface area contributed by atoms with Gasteiger partial charge in [-0.15, -0.1) is 0 Å². The Morgan fingerprint density at radius 2 is 1.78 bits per heavy atom. The van der Waals surface area contributed by atoms with Crippen LogP contribution in [0, 0.1) is 0 Å². The van der Waals surface area contributed by atoms with Crippen molar-refractivity contribution in [1.29, 1.82) is 0 Å². The van der Waals surface area contributed by atoms with Gasteiger partial charge in [0.25, 0.3) is 5.91 Å². The van der Waals surface area contributed by atoms with Crippen molar-refractivity contribution in [3.8, 4) is 0 Å². The number of carbonyl (C=O) groups excluding carboxylic acids is 1. The van der Waals surface area contributed by atoms with Gasteiger partial charge in [0, 0.05) is 36.9 Å². The van der Waals surface area contributed by atoms with E-state index in [1.165, 1.54) is 5.56 Å². The molecule has 0 saturated carbocycles. The molecule has 27 heavy (non-hydrogen) atoms. The Labute approximate surface area is 164 Å². The second-order valence-electron chi connectivity index (χ2n) is 6.38. The van der Waals surface area contributed by atoms with Crippen LogP contribution in [-0.2, 0) is 13.0 Å². The summed E-state index contributed by atoms with van der Waals surface area (Å²) in [7, 11) is 1.97. The van der Waals surface area contributed by atoms with E-state index in [4.69, 9.17) is 11.6 Å². The van der Waals surface area contributed by atoms with Gasteiger partial charge in [-0.25, -0.2) is 4.98 Å². The first-order chi connectivity index (χ1) is 13.1. The van der Waals surface area contributed by atoms with Crippen molar-refractivity contribution in [3.63, 3.8) is 0 Å². The number of halogens is 1. The number of hydrogen-bond donors (Lipinski definition) is 1. The quantitative estimate of drug-likeness (QED) is 0.664. The number of hydrogen-bond acceptors (Lipinski definition) is 3. The van der Waals surface area contributed by atoms with Crippen LogP contribution in [0.15, 0.2) is 72.9 Å². The summed E-state index contributed by atoms with van der Waals surface area (Å²) in [5.41, 5.74) is 2.94. The molecule has 138 valence electrons. The third kappa shape index (κ3) is 5.56. The molecule has 0 aliphatic carbocycles. The summed E-state index contributed by atoms with van der Waals surface area (Å²) in [5.74, 6) is 0.671. The molecule has 0 aliphatic heterocycles. The van der Waals surface area contributed by atoms with Gasteiger partial charge in [-0.3, -0.25) is 4.79 Å². The topological polar surface area (TPSA) is 45.2 Å². The number of carbonyl (C=O) groups is 1. The molecular formula is C22H22ClN3O. The molecule has 0 unspecified atom stereocenters. The molecule has 1 heterocycles. The lowest BCUT2D eigenvalue weighted by atomic mass is 10.1. The Bertz CT molecular complexity index is 882. The van der Waals surface area contributed by atoms with Gasteiger partial charge in [0.05, 0.1) is 0 Å². The summed E-state index contributed by atoms with van der Waals surface area (Å²) in [5, 5.41) is 3.67. The minimum atomic E-state index is -0.0966. The number of rotatable bonds is 7. The lowest BCUT2D eigenvalue weighted by Gasteiger charge is -2.18. The van der Waals surface area contributed by atoms with Crippen LogP contribution < -0.4 is 10.2 Å². The fraction of sp³-hybridized carbons (Fsp3) is 0.182. The largest absolute Gasteiger partial charge is 0.355 e. The van der Waals surface area contributed by atoms with E-state index in [9.17, 15) is 4.79 Å². The molecule has 0 fully saturated rings. The lowest BCUT2D eigenvalue weighted by molar-refractivity contribution is 0.0954. The maximum Gasteiger partial charge on any atom is 0.251 e. The molecule has 0 bridgehead atoms. The molecule has 0 radical (unpaired) electrons. The molecule has 5 heteroatoms. The Morgan fingerprint density at radius 3 is 2.52 bits per heavy atom. The first kappa shape index (κ1) is 18.9. The third-order valence-electron chi connectivity index (χ3n) is 4.27. The fourth-order valence-electron chi connectivity index (χ4n) is 2.78. The van der Waals surface area contributed by atoms with Crippen LogP contribution in [-0.4, -0.2) is 24.5 Å². The van der Waals surface area contributed by atoms with E-state index in [-0.39, 0.29) is 5.91 Å². The maximum absolute atomic E-state index is 12.4. The highest BCUT2D eigenvalue weighted by Gasteiger charge is 2.09. The molecule has 1 aromatic heterocycles. The number of amides is 1. The number of nitrogens with zero attached hydrogens (tertiary/aromatic N) is 2. The Hall–Kier alpha value is -2.85.